The Morgan fingerprint density at radius 1 is 1.19 bits per heavy atom. The minimum absolute atomic E-state index is 0.141. The molecule has 108 valence electrons. The number of halogens is 2. The van der Waals surface area contributed by atoms with E-state index in [1.165, 1.54) is 4.70 Å². The van der Waals surface area contributed by atoms with E-state index in [-0.39, 0.29) is 6.04 Å². The number of aromatic nitrogens is 1. The third-order valence-electron chi connectivity index (χ3n) is 3.33. The lowest BCUT2D eigenvalue weighted by Crippen LogP contribution is -2.18. The maximum absolute atomic E-state index is 6.23. The van der Waals surface area contributed by atoms with E-state index in [9.17, 15) is 0 Å². The Kier molecular flexibility index (Phi) is 4.45. The fourth-order valence-corrected chi connectivity index (χ4v) is 3.69. The molecular weight excluding hydrogens is 323 g/mol. The van der Waals surface area contributed by atoms with Crippen LogP contribution in [-0.2, 0) is 6.54 Å². The quantitative estimate of drug-likeness (QED) is 0.684. The monoisotopic (exact) mass is 336 g/mol. The summed E-state index contributed by atoms with van der Waals surface area (Å²) in [5.41, 5.74) is 2.10. The summed E-state index contributed by atoms with van der Waals surface area (Å²) in [6.45, 7) is 2.81. The zero-order valence-corrected chi connectivity index (χ0v) is 13.8. The van der Waals surface area contributed by atoms with Crippen LogP contribution in [0.25, 0.3) is 10.2 Å². The Morgan fingerprint density at radius 3 is 2.76 bits per heavy atom. The van der Waals surface area contributed by atoms with Gasteiger partial charge in [-0.25, -0.2) is 4.98 Å². The van der Waals surface area contributed by atoms with Crippen LogP contribution in [0, 0.1) is 0 Å². The van der Waals surface area contributed by atoms with Gasteiger partial charge in [-0.3, -0.25) is 0 Å². The van der Waals surface area contributed by atoms with E-state index in [1.807, 2.05) is 30.3 Å². The largest absolute Gasteiger partial charge is 0.304 e. The van der Waals surface area contributed by atoms with Gasteiger partial charge in [0.25, 0.3) is 0 Å². The number of rotatable bonds is 4. The van der Waals surface area contributed by atoms with Gasteiger partial charge in [-0.05, 0) is 36.8 Å². The van der Waals surface area contributed by atoms with E-state index in [0.717, 1.165) is 22.6 Å². The van der Waals surface area contributed by atoms with Crippen LogP contribution in [-0.4, -0.2) is 4.98 Å². The first kappa shape index (κ1) is 14.8. The van der Waals surface area contributed by atoms with Crippen LogP contribution in [0.2, 0.25) is 10.0 Å². The second-order valence-electron chi connectivity index (χ2n) is 4.84. The molecule has 1 aromatic heterocycles. The molecule has 3 aromatic rings. The molecule has 0 fully saturated rings. The first-order chi connectivity index (χ1) is 10.1. The second kappa shape index (κ2) is 6.32. The van der Waals surface area contributed by atoms with Gasteiger partial charge >= 0.3 is 0 Å². The predicted molar refractivity (Wildman–Crippen MR) is 91.3 cm³/mol. The molecule has 0 aliphatic heterocycles. The molecule has 21 heavy (non-hydrogen) atoms. The SMILES string of the molecule is C[C@@H](NCc1nc2ccccc2s1)c1ccc(Cl)cc1Cl. The molecule has 5 heteroatoms. The molecule has 1 heterocycles. The second-order valence-corrected chi connectivity index (χ2v) is 6.80. The number of nitrogens with one attached hydrogen (secondary N) is 1. The average molecular weight is 337 g/mol. The van der Waals surface area contributed by atoms with Gasteiger partial charge in [-0.2, -0.15) is 0 Å². The summed E-state index contributed by atoms with van der Waals surface area (Å²) in [7, 11) is 0. The molecule has 0 saturated carbocycles. The Hall–Kier alpha value is -1.13. The predicted octanol–water partition coefficient (Wildman–Crippen LogP) is 5.45. The first-order valence-electron chi connectivity index (χ1n) is 6.66. The average Bonchev–Trinajstić information content (AvgIpc) is 2.87. The first-order valence-corrected chi connectivity index (χ1v) is 8.23. The Balaban J connectivity index is 1.71. The number of hydrogen-bond donors (Lipinski definition) is 1. The van der Waals surface area contributed by atoms with Crippen LogP contribution in [0.3, 0.4) is 0 Å². The molecule has 2 aromatic carbocycles. The highest BCUT2D eigenvalue weighted by molar-refractivity contribution is 7.18. The van der Waals surface area contributed by atoms with Gasteiger partial charge in [-0.15, -0.1) is 11.3 Å². The van der Waals surface area contributed by atoms with Crippen LogP contribution in [0.4, 0.5) is 0 Å². The number of para-hydroxylation sites is 1. The molecule has 3 rings (SSSR count). The molecule has 0 aliphatic rings. The maximum Gasteiger partial charge on any atom is 0.108 e. The van der Waals surface area contributed by atoms with Gasteiger partial charge in [0.1, 0.15) is 5.01 Å². The van der Waals surface area contributed by atoms with Crippen molar-refractivity contribution in [2.45, 2.75) is 19.5 Å². The lowest BCUT2D eigenvalue weighted by Gasteiger charge is -2.15. The van der Waals surface area contributed by atoms with E-state index >= 15 is 0 Å². The van der Waals surface area contributed by atoms with Gasteiger partial charge in [0.2, 0.25) is 0 Å². The molecular formula is C16H14Cl2N2S. The topological polar surface area (TPSA) is 24.9 Å². The summed E-state index contributed by atoms with van der Waals surface area (Å²) in [6.07, 6.45) is 0. The highest BCUT2D eigenvalue weighted by Gasteiger charge is 2.11. The smallest absolute Gasteiger partial charge is 0.108 e. The van der Waals surface area contributed by atoms with E-state index in [1.54, 1.807) is 17.4 Å². The number of benzene rings is 2. The minimum atomic E-state index is 0.141. The van der Waals surface area contributed by atoms with E-state index in [4.69, 9.17) is 23.2 Å². The van der Waals surface area contributed by atoms with Crippen molar-refractivity contribution in [1.29, 1.82) is 0 Å². The van der Waals surface area contributed by atoms with E-state index in [0.29, 0.717) is 10.0 Å². The van der Waals surface area contributed by atoms with Crippen molar-refractivity contribution >= 4 is 44.8 Å². The third-order valence-corrected chi connectivity index (χ3v) is 4.93. The van der Waals surface area contributed by atoms with Crippen molar-refractivity contribution < 1.29 is 0 Å². The fraction of sp³-hybridized carbons (Fsp3) is 0.188. The zero-order chi connectivity index (χ0) is 14.8. The lowest BCUT2D eigenvalue weighted by atomic mass is 10.1. The Morgan fingerprint density at radius 2 is 2.00 bits per heavy atom. The summed E-state index contributed by atoms with van der Waals surface area (Å²) in [5, 5.41) is 5.88. The molecule has 0 bridgehead atoms. The molecule has 0 amide bonds. The maximum atomic E-state index is 6.23. The normalized spacial score (nSPS) is 12.7. The summed E-state index contributed by atoms with van der Waals surface area (Å²) in [6, 6.07) is 13.9. The van der Waals surface area contributed by atoms with Gasteiger partial charge in [-0.1, -0.05) is 41.4 Å². The highest BCUT2D eigenvalue weighted by atomic mass is 35.5. The number of fused-ring (bicyclic) bond motifs is 1. The Labute approximate surface area is 137 Å². The number of hydrogen-bond acceptors (Lipinski definition) is 3. The van der Waals surface area contributed by atoms with Crippen molar-refractivity contribution in [3.05, 3.63) is 63.1 Å². The van der Waals surface area contributed by atoms with E-state index < -0.39 is 0 Å². The molecule has 0 aliphatic carbocycles. The van der Waals surface area contributed by atoms with Crippen LogP contribution >= 0.6 is 34.5 Å². The standard InChI is InChI=1S/C16H14Cl2N2S/c1-10(12-7-6-11(17)8-13(12)18)19-9-16-20-14-4-2-3-5-15(14)21-16/h2-8,10,19H,9H2,1H3/t10-/m1/s1. The van der Waals surface area contributed by atoms with Crippen LogP contribution in [0.5, 0.6) is 0 Å². The van der Waals surface area contributed by atoms with Crippen molar-refractivity contribution in [1.82, 2.24) is 10.3 Å². The minimum Gasteiger partial charge on any atom is -0.304 e. The molecule has 1 atom stereocenters. The van der Waals surface area contributed by atoms with E-state index in [2.05, 4.69) is 23.3 Å². The summed E-state index contributed by atoms with van der Waals surface area (Å²) >= 11 is 13.9. The van der Waals surface area contributed by atoms with Gasteiger partial charge in [0, 0.05) is 22.6 Å². The molecule has 0 saturated heterocycles. The molecule has 0 radical (unpaired) electrons. The van der Waals surface area contributed by atoms with Crippen LogP contribution in [0.15, 0.2) is 42.5 Å². The summed E-state index contributed by atoms with van der Waals surface area (Å²) < 4.78 is 1.21. The van der Waals surface area contributed by atoms with Gasteiger partial charge in [0.05, 0.1) is 10.2 Å². The van der Waals surface area contributed by atoms with Crippen molar-refractivity contribution in [3.8, 4) is 0 Å². The van der Waals surface area contributed by atoms with Crippen LogP contribution < -0.4 is 5.32 Å². The molecule has 0 unspecified atom stereocenters. The fourth-order valence-electron chi connectivity index (χ4n) is 2.20. The third kappa shape index (κ3) is 3.38. The summed E-state index contributed by atoms with van der Waals surface area (Å²) in [4.78, 5) is 4.62. The summed E-state index contributed by atoms with van der Waals surface area (Å²) in [5.74, 6) is 0. The van der Waals surface area contributed by atoms with Gasteiger partial charge < -0.3 is 5.32 Å². The molecule has 1 N–H and O–H groups in total. The van der Waals surface area contributed by atoms with Crippen molar-refractivity contribution in [3.63, 3.8) is 0 Å². The van der Waals surface area contributed by atoms with Crippen molar-refractivity contribution in [2.24, 2.45) is 0 Å². The Bertz CT molecular complexity index is 737. The lowest BCUT2D eigenvalue weighted by molar-refractivity contribution is 0.574. The number of thiazole rings is 1. The van der Waals surface area contributed by atoms with Crippen molar-refractivity contribution in [2.75, 3.05) is 0 Å². The zero-order valence-electron chi connectivity index (χ0n) is 11.4. The van der Waals surface area contributed by atoms with Gasteiger partial charge in [0.15, 0.2) is 0 Å². The van der Waals surface area contributed by atoms with Crippen LogP contribution in [0.1, 0.15) is 23.5 Å². The molecule has 2 nitrogen and oxygen atoms in total. The highest BCUT2D eigenvalue weighted by Crippen LogP contribution is 2.27. The number of nitrogens with zero attached hydrogens (tertiary/aromatic N) is 1. The molecule has 0 spiro atoms.